The minimum atomic E-state index is 0.0806. The smallest absolute Gasteiger partial charge is 0.220 e. The third kappa shape index (κ3) is 2.70. The molecule has 1 aromatic carbocycles. The first-order chi connectivity index (χ1) is 8.58. The van der Waals surface area contributed by atoms with Crippen LogP contribution in [0.25, 0.3) is 11.0 Å². The molecular weight excluding hydrogens is 226 g/mol. The lowest BCUT2D eigenvalue weighted by molar-refractivity contribution is -0.122. The lowest BCUT2D eigenvalue weighted by Crippen LogP contribution is -2.25. The van der Waals surface area contributed by atoms with Crippen LogP contribution in [0.5, 0.6) is 0 Å². The maximum absolute atomic E-state index is 11.6. The quantitative estimate of drug-likeness (QED) is 0.898. The fourth-order valence-corrected chi connectivity index (χ4v) is 1.97. The van der Waals surface area contributed by atoms with Crippen LogP contribution in [0, 0.1) is 5.92 Å². The van der Waals surface area contributed by atoms with Gasteiger partial charge < -0.3 is 9.88 Å². The van der Waals surface area contributed by atoms with Gasteiger partial charge in [0.15, 0.2) is 0 Å². The summed E-state index contributed by atoms with van der Waals surface area (Å²) < 4.78 is 2.02. The van der Waals surface area contributed by atoms with E-state index in [0.29, 0.717) is 18.9 Å². The van der Waals surface area contributed by atoms with Gasteiger partial charge >= 0.3 is 0 Å². The Labute approximate surface area is 107 Å². The van der Waals surface area contributed by atoms with Crippen LogP contribution in [0.15, 0.2) is 24.3 Å². The SMILES string of the molecule is CC(C)CC(=O)NCc1nc2ccccc2n1C. The van der Waals surface area contributed by atoms with Crippen LogP contribution >= 0.6 is 0 Å². The van der Waals surface area contributed by atoms with Gasteiger partial charge in [-0.05, 0) is 18.1 Å². The van der Waals surface area contributed by atoms with E-state index >= 15 is 0 Å². The monoisotopic (exact) mass is 245 g/mol. The molecular formula is C14H19N3O. The topological polar surface area (TPSA) is 46.9 Å². The summed E-state index contributed by atoms with van der Waals surface area (Å²) in [6.45, 7) is 4.56. The largest absolute Gasteiger partial charge is 0.349 e. The van der Waals surface area contributed by atoms with Crippen molar-refractivity contribution < 1.29 is 4.79 Å². The molecule has 2 rings (SSSR count). The van der Waals surface area contributed by atoms with Gasteiger partial charge in [0.25, 0.3) is 0 Å². The van der Waals surface area contributed by atoms with Crippen molar-refractivity contribution in [3.63, 3.8) is 0 Å². The predicted molar refractivity (Wildman–Crippen MR) is 72.0 cm³/mol. The second-order valence-corrected chi connectivity index (χ2v) is 4.95. The van der Waals surface area contributed by atoms with E-state index in [9.17, 15) is 4.79 Å². The zero-order valence-electron chi connectivity index (χ0n) is 11.1. The second-order valence-electron chi connectivity index (χ2n) is 4.95. The third-order valence-corrected chi connectivity index (χ3v) is 2.92. The van der Waals surface area contributed by atoms with E-state index in [1.54, 1.807) is 0 Å². The van der Waals surface area contributed by atoms with Gasteiger partial charge in [-0.3, -0.25) is 4.79 Å². The zero-order valence-corrected chi connectivity index (χ0v) is 11.1. The molecule has 18 heavy (non-hydrogen) atoms. The summed E-state index contributed by atoms with van der Waals surface area (Å²) in [5.41, 5.74) is 2.05. The molecule has 0 bridgehead atoms. The number of fused-ring (bicyclic) bond motifs is 1. The Kier molecular flexibility index (Phi) is 3.65. The molecule has 2 aromatic rings. The average Bonchev–Trinajstić information content (AvgIpc) is 2.64. The highest BCUT2D eigenvalue weighted by molar-refractivity contribution is 5.77. The predicted octanol–water partition coefficient (Wildman–Crippen LogP) is 2.24. The Morgan fingerprint density at radius 1 is 1.39 bits per heavy atom. The Morgan fingerprint density at radius 3 is 2.78 bits per heavy atom. The van der Waals surface area contributed by atoms with Crippen LogP contribution in [0.4, 0.5) is 0 Å². The van der Waals surface area contributed by atoms with Crippen molar-refractivity contribution in [1.82, 2.24) is 14.9 Å². The van der Waals surface area contributed by atoms with Gasteiger partial charge in [-0.25, -0.2) is 4.98 Å². The molecule has 96 valence electrons. The Morgan fingerprint density at radius 2 is 2.11 bits per heavy atom. The van der Waals surface area contributed by atoms with Crippen molar-refractivity contribution in [2.45, 2.75) is 26.8 Å². The summed E-state index contributed by atoms with van der Waals surface area (Å²) in [6, 6.07) is 7.97. The first-order valence-electron chi connectivity index (χ1n) is 6.25. The number of aromatic nitrogens is 2. The Bertz CT molecular complexity index is 557. The maximum Gasteiger partial charge on any atom is 0.220 e. The number of amides is 1. The molecule has 0 atom stereocenters. The van der Waals surface area contributed by atoms with E-state index in [1.807, 2.05) is 49.7 Å². The van der Waals surface area contributed by atoms with Crippen molar-refractivity contribution >= 4 is 16.9 Å². The van der Waals surface area contributed by atoms with Crippen LogP contribution in [0.2, 0.25) is 0 Å². The number of nitrogens with one attached hydrogen (secondary N) is 1. The molecule has 0 aliphatic heterocycles. The summed E-state index contributed by atoms with van der Waals surface area (Å²) in [6.07, 6.45) is 0.559. The van der Waals surface area contributed by atoms with E-state index in [1.165, 1.54) is 0 Å². The molecule has 0 aliphatic carbocycles. The van der Waals surface area contributed by atoms with Crippen molar-refractivity contribution in [2.75, 3.05) is 0 Å². The van der Waals surface area contributed by atoms with E-state index in [0.717, 1.165) is 16.9 Å². The fraction of sp³-hybridized carbons (Fsp3) is 0.429. The number of rotatable bonds is 4. The summed E-state index contributed by atoms with van der Waals surface area (Å²) in [5, 5.41) is 2.91. The van der Waals surface area contributed by atoms with E-state index in [2.05, 4.69) is 10.3 Å². The molecule has 1 aromatic heterocycles. The van der Waals surface area contributed by atoms with Crippen LogP contribution in [0.3, 0.4) is 0 Å². The number of benzene rings is 1. The first-order valence-corrected chi connectivity index (χ1v) is 6.25. The molecule has 0 aliphatic rings. The fourth-order valence-electron chi connectivity index (χ4n) is 1.97. The minimum absolute atomic E-state index is 0.0806. The average molecular weight is 245 g/mol. The van der Waals surface area contributed by atoms with Gasteiger partial charge in [-0.15, -0.1) is 0 Å². The molecule has 0 radical (unpaired) electrons. The van der Waals surface area contributed by atoms with E-state index in [-0.39, 0.29) is 5.91 Å². The highest BCUT2D eigenvalue weighted by atomic mass is 16.1. The molecule has 4 heteroatoms. The van der Waals surface area contributed by atoms with Crippen molar-refractivity contribution in [3.05, 3.63) is 30.1 Å². The van der Waals surface area contributed by atoms with E-state index < -0.39 is 0 Å². The van der Waals surface area contributed by atoms with Gasteiger partial charge in [0.05, 0.1) is 17.6 Å². The van der Waals surface area contributed by atoms with Crippen molar-refractivity contribution in [1.29, 1.82) is 0 Å². The van der Waals surface area contributed by atoms with Crippen LogP contribution in [-0.4, -0.2) is 15.5 Å². The molecule has 0 fully saturated rings. The number of carbonyl (C=O) groups excluding carboxylic acids is 1. The van der Waals surface area contributed by atoms with Gasteiger partial charge in [-0.2, -0.15) is 0 Å². The third-order valence-electron chi connectivity index (χ3n) is 2.92. The molecule has 0 saturated carbocycles. The highest BCUT2D eigenvalue weighted by Crippen LogP contribution is 2.13. The second kappa shape index (κ2) is 5.21. The lowest BCUT2D eigenvalue weighted by Gasteiger charge is -2.07. The molecule has 1 amide bonds. The molecule has 0 unspecified atom stereocenters. The highest BCUT2D eigenvalue weighted by Gasteiger charge is 2.09. The summed E-state index contributed by atoms with van der Waals surface area (Å²) >= 11 is 0. The number of nitrogens with zero attached hydrogens (tertiary/aromatic N) is 2. The molecule has 4 nitrogen and oxygen atoms in total. The summed E-state index contributed by atoms with van der Waals surface area (Å²) in [7, 11) is 1.97. The molecule has 0 saturated heterocycles. The lowest BCUT2D eigenvalue weighted by atomic mass is 10.1. The van der Waals surface area contributed by atoms with Crippen LogP contribution < -0.4 is 5.32 Å². The minimum Gasteiger partial charge on any atom is -0.349 e. The van der Waals surface area contributed by atoms with Crippen molar-refractivity contribution in [2.24, 2.45) is 13.0 Å². The van der Waals surface area contributed by atoms with Gasteiger partial charge in [-0.1, -0.05) is 26.0 Å². The number of imidazole rings is 1. The number of hydrogen-bond donors (Lipinski definition) is 1. The normalized spacial score (nSPS) is 11.1. The van der Waals surface area contributed by atoms with E-state index in [4.69, 9.17) is 0 Å². The van der Waals surface area contributed by atoms with Crippen LogP contribution in [-0.2, 0) is 18.4 Å². The first kappa shape index (κ1) is 12.6. The Balaban J connectivity index is 2.08. The maximum atomic E-state index is 11.6. The number of hydrogen-bond acceptors (Lipinski definition) is 2. The summed E-state index contributed by atoms with van der Waals surface area (Å²) in [5.74, 6) is 1.34. The van der Waals surface area contributed by atoms with Crippen LogP contribution in [0.1, 0.15) is 26.1 Å². The molecule has 1 heterocycles. The zero-order chi connectivity index (χ0) is 13.1. The van der Waals surface area contributed by atoms with Crippen molar-refractivity contribution in [3.8, 4) is 0 Å². The van der Waals surface area contributed by atoms with Gasteiger partial charge in [0, 0.05) is 13.5 Å². The number of carbonyl (C=O) groups is 1. The Hall–Kier alpha value is -1.84. The molecule has 0 spiro atoms. The standard InChI is InChI=1S/C14H19N3O/c1-10(2)8-14(18)15-9-13-16-11-6-4-5-7-12(11)17(13)3/h4-7,10H,8-9H2,1-3H3,(H,15,18). The van der Waals surface area contributed by atoms with Gasteiger partial charge in [0.2, 0.25) is 5.91 Å². The summed E-state index contributed by atoms with van der Waals surface area (Å²) in [4.78, 5) is 16.1. The van der Waals surface area contributed by atoms with Gasteiger partial charge in [0.1, 0.15) is 5.82 Å². The number of para-hydroxylation sites is 2. The number of aryl methyl sites for hydroxylation is 1. The molecule has 1 N–H and O–H groups in total.